The molecule has 0 aliphatic carbocycles. The van der Waals surface area contributed by atoms with Crippen LogP contribution in [-0.4, -0.2) is 23.1 Å². The van der Waals surface area contributed by atoms with Crippen LogP contribution in [0.4, 0.5) is 5.69 Å². The molecule has 0 aliphatic heterocycles. The number of nitrogens with one attached hydrogen (secondary N) is 2. The monoisotopic (exact) mass is 451 g/mol. The molecule has 6 nitrogen and oxygen atoms in total. The second kappa shape index (κ2) is 9.16. The summed E-state index contributed by atoms with van der Waals surface area (Å²) in [5, 5.41) is 16.4. The number of carbonyl (C=O) groups excluding carboxylic acids is 2. The van der Waals surface area contributed by atoms with Crippen LogP contribution in [0.25, 0.3) is 0 Å². The van der Waals surface area contributed by atoms with Gasteiger partial charge in [0.1, 0.15) is 5.75 Å². The molecule has 3 aromatic rings. The molecule has 3 aromatic carbocycles. The van der Waals surface area contributed by atoms with Gasteiger partial charge in [-0.2, -0.15) is 5.10 Å². The van der Waals surface area contributed by atoms with E-state index in [1.54, 1.807) is 42.5 Å². The third kappa shape index (κ3) is 5.30. The molecule has 0 bridgehead atoms. The minimum Gasteiger partial charge on any atom is -0.507 e. The molecule has 0 fully saturated rings. The van der Waals surface area contributed by atoms with Crippen molar-refractivity contribution in [2.75, 3.05) is 5.32 Å². The Hall–Kier alpha value is -3.45. The molecular weight excluding hydrogens is 434 g/mol. The molecule has 2 amide bonds. The van der Waals surface area contributed by atoms with E-state index in [0.717, 1.165) is 10.0 Å². The smallest absolute Gasteiger partial charge is 0.271 e. The van der Waals surface area contributed by atoms with Crippen LogP contribution in [0.5, 0.6) is 5.75 Å². The van der Waals surface area contributed by atoms with Crippen LogP contribution in [-0.2, 0) is 0 Å². The molecule has 0 aliphatic rings. The van der Waals surface area contributed by atoms with Gasteiger partial charge in [-0.05, 0) is 61.0 Å². The lowest BCUT2D eigenvalue weighted by molar-refractivity contribution is 0.0954. The van der Waals surface area contributed by atoms with Gasteiger partial charge in [-0.15, -0.1) is 0 Å². The number of benzene rings is 3. The highest BCUT2D eigenvalue weighted by Crippen LogP contribution is 2.20. The van der Waals surface area contributed by atoms with Crippen LogP contribution in [0.15, 0.2) is 76.3 Å². The Morgan fingerprint density at radius 3 is 2.45 bits per heavy atom. The number of aromatic hydroxyl groups is 1. The number of phenols is 1. The fourth-order valence-corrected chi connectivity index (χ4v) is 2.96. The Morgan fingerprint density at radius 1 is 1.00 bits per heavy atom. The van der Waals surface area contributed by atoms with Gasteiger partial charge >= 0.3 is 0 Å². The number of carbonyl (C=O) groups is 2. The highest BCUT2D eigenvalue weighted by molar-refractivity contribution is 9.10. The van der Waals surface area contributed by atoms with Gasteiger partial charge in [0.15, 0.2) is 0 Å². The normalized spacial score (nSPS) is 10.7. The maximum Gasteiger partial charge on any atom is 0.271 e. The number of nitrogens with zero attached hydrogens (tertiary/aromatic N) is 1. The Balaban J connectivity index is 1.61. The van der Waals surface area contributed by atoms with Crippen molar-refractivity contribution in [1.29, 1.82) is 0 Å². The first-order chi connectivity index (χ1) is 13.9. The minimum atomic E-state index is -0.410. The SMILES string of the molecule is Cc1ccccc1C(=O)Nc1ccc(C(=O)N/N=C\c2cc(Br)ccc2O)cc1. The van der Waals surface area contributed by atoms with E-state index in [2.05, 4.69) is 31.8 Å². The molecule has 3 rings (SSSR count). The summed E-state index contributed by atoms with van der Waals surface area (Å²) >= 11 is 3.31. The van der Waals surface area contributed by atoms with Crippen molar-refractivity contribution >= 4 is 39.6 Å². The minimum absolute atomic E-state index is 0.0555. The molecular formula is C22H18BrN3O3. The standard InChI is InChI=1S/C22H18BrN3O3/c1-14-4-2-3-5-19(14)22(29)25-18-9-6-15(7-10-18)21(28)26-24-13-16-12-17(23)8-11-20(16)27/h2-13,27H,1H3,(H,25,29)(H,26,28)/b24-13-. The first-order valence-electron chi connectivity index (χ1n) is 8.73. The van der Waals surface area contributed by atoms with Crippen molar-refractivity contribution in [3.63, 3.8) is 0 Å². The van der Waals surface area contributed by atoms with E-state index in [1.165, 1.54) is 12.3 Å². The lowest BCUT2D eigenvalue weighted by Gasteiger charge is -2.08. The van der Waals surface area contributed by atoms with Crippen LogP contribution in [0.2, 0.25) is 0 Å². The number of rotatable bonds is 5. The zero-order chi connectivity index (χ0) is 20.8. The molecule has 0 radical (unpaired) electrons. The van der Waals surface area contributed by atoms with Crippen LogP contribution < -0.4 is 10.7 Å². The number of amides is 2. The van der Waals surface area contributed by atoms with E-state index in [9.17, 15) is 14.7 Å². The van der Waals surface area contributed by atoms with Gasteiger partial charge in [0, 0.05) is 26.9 Å². The van der Waals surface area contributed by atoms with Gasteiger partial charge in [-0.3, -0.25) is 9.59 Å². The zero-order valence-corrected chi connectivity index (χ0v) is 17.1. The van der Waals surface area contributed by atoms with Crippen LogP contribution in [0.3, 0.4) is 0 Å². The first kappa shape index (κ1) is 20.3. The Kier molecular flexibility index (Phi) is 6.41. The van der Waals surface area contributed by atoms with Crippen molar-refractivity contribution in [3.05, 3.63) is 93.5 Å². The predicted octanol–water partition coefficient (Wildman–Crippen LogP) is 4.48. The number of hydrogen-bond acceptors (Lipinski definition) is 4. The number of aryl methyl sites for hydroxylation is 1. The number of hydrogen-bond donors (Lipinski definition) is 3. The van der Waals surface area contributed by atoms with E-state index in [4.69, 9.17) is 0 Å². The lowest BCUT2D eigenvalue weighted by Crippen LogP contribution is -2.18. The fraction of sp³-hybridized carbons (Fsp3) is 0.0455. The quantitative estimate of drug-likeness (QED) is 0.394. The molecule has 0 saturated heterocycles. The number of hydrazone groups is 1. The molecule has 3 N–H and O–H groups in total. The number of anilines is 1. The highest BCUT2D eigenvalue weighted by Gasteiger charge is 2.09. The third-order valence-electron chi connectivity index (χ3n) is 4.15. The van der Waals surface area contributed by atoms with Crippen molar-refractivity contribution in [2.24, 2.45) is 5.10 Å². The van der Waals surface area contributed by atoms with Gasteiger partial charge in [-0.25, -0.2) is 5.43 Å². The Labute approximate surface area is 176 Å². The van der Waals surface area contributed by atoms with Crippen molar-refractivity contribution in [2.45, 2.75) is 6.92 Å². The largest absolute Gasteiger partial charge is 0.507 e. The maximum atomic E-state index is 12.3. The molecule has 0 aromatic heterocycles. The summed E-state index contributed by atoms with van der Waals surface area (Å²) in [6, 6.07) is 18.7. The molecule has 0 saturated carbocycles. The van der Waals surface area contributed by atoms with E-state index in [-0.39, 0.29) is 11.7 Å². The summed E-state index contributed by atoms with van der Waals surface area (Å²) in [6.45, 7) is 1.87. The first-order valence-corrected chi connectivity index (χ1v) is 9.52. The summed E-state index contributed by atoms with van der Waals surface area (Å²) in [5.74, 6) is -0.564. The fourth-order valence-electron chi connectivity index (χ4n) is 2.58. The summed E-state index contributed by atoms with van der Waals surface area (Å²) in [5.41, 5.74) is 5.32. The van der Waals surface area contributed by atoms with E-state index < -0.39 is 5.91 Å². The highest BCUT2D eigenvalue weighted by atomic mass is 79.9. The molecule has 0 heterocycles. The second-order valence-electron chi connectivity index (χ2n) is 6.25. The van der Waals surface area contributed by atoms with Gasteiger partial charge < -0.3 is 10.4 Å². The van der Waals surface area contributed by atoms with E-state index in [1.807, 2.05) is 25.1 Å². The molecule has 146 valence electrons. The summed E-state index contributed by atoms with van der Waals surface area (Å²) in [7, 11) is 0. The van der Waals surface area contributed by atoms with Gasteiger partial charge in [0.2, 0.25) is 0 Å². The molecule has 0 unspecified atom stereocenters. The number of phenolic OH excluding ortho intramolecular Hbond substituents is 1. The predicted molar refractivity (Wildman–Crippen MR) is 116 cm³/mol. The van der Waals surface area contributed by atoms with E-state index in [0.29, 0.717) is 22.4 Å². The molecule has 0 spiro atoms. The Bertz CT molecular complexity index is 1080. The van der Waals surface area contributed by atoms with Gasteiger partial charge in [-0.1, -0.05) is 34.1 Å². The average Bonchev–Trinajstić information content (AvgIpc) is 2.71. The molecule has 7 heteroatoms. The summed E-state index contributed by atoms with van der Waals surface area (Å²) in [6.07, 6.45) is 1.36. The molecule has 0 atom stereocenters. The lowest BCUT2D eigenvalue weighted by atomic mass is 10.1. The number of halogens is 1. The van der Waals surface area contributed by atoms with Crippen molar-refractivity contribution in [1.82, 2.24) is 5.43 Å². The Morgan fingerprint density at radius 2 is 1.72 bits per heavy atom. The summed E-state index contributed by atoms with van der Waals surface area (Å²) in [4.78, 5) is 24.6. The van der Waals surface area contributed by atoms with Crippen LogP contribution in [0, 0.1) is 6.92 Å². The molecule has 29 heavy (non-hydrogen) atoms. The van der Waals surface area contributed by atoms with Gasteiger partial charge in [0.05, 0.1) is 6.21 Å². The second-order valence-corrected chi connectivity index (χ2v) is 7.16. The average molecular weight is 452 g/mol. The van der Waals surface area contributed by atoms with Crippen LogP contribution in [0.1, 0.15) is 31.8 Å². The topological polar surface area (TPSA) is 90.8 Å². The third-order valence-corrected chi connectivity index (χ3v) is 4.65. The summed E-state index contributed by atoms with van der Waals surface area (Å²) < 4.78 is 0.784. The van der Waals surface area contributed by atoms with Gasteiger partial charge in [0.25, 0.3) is 11.8 Å². The van der Waals surface area contributed by atoms with E-state index >= 15 is 0 Å². The maximum absolute atomic E-state index is 12.3. The van der Waals surface area contributed by atoms with Crippen LogP contribution >= 0.6 is 15.9 Å². The van der Waals surface area contributed by atoms with Crippen molar-refractivity contribution in [3.8, 4) is 5.75 Å². The van der Waals surface area contributed by atoms with Crippen molar-refractivity contribution < 1.29 is 14.7 Å². The zero-order valence-electron chi connectivity index (χ0n) is 15.5.